The molecule has 0 saturated carbocycles. The minimum atomic E-state index is 0.461. The van der Waals surface area contributed by atoms with Gasteiger partial charge in [-0.1, -0.05) is 15.9 Å². The van der Waals surface area contributed by atoms with E-state index in [0.29, 0.717) is 11.4 Å². The zero-order chi connectivity index (χ0) is 8.27. The summed E-state index contributed by atoms with van der Waals surface area (Å²) in [5.41, 5.74) is 1.31. The van der Waals surface area contributed by atoms with Crippen LogP contribution in [0.25, 0.3) is 0 Å². The average molecular weight is 232 g/mol. The molecule has 2 nitrogen and oxygen atoms in total. The van der Waals surface area contributed by atoms with Gasteiger partial charge >= 0.3 is 0 Å². The average Bonchev–Trinajstić information content (AvgIpc) is 2.04. The Labute approximate surface area is 78.5 Å². The van der Waals surface area contributed by atoms with Gasteiger partial charge in [-0.3, -0.25) is 0 Å². The van der Waals surface area contributed by atoms with Crippen LogP contribution in [0.5, 0.6) is 0 Å². The van der Waals surface area contributed by atoms with Crippen molar-refractivity contribution in [2.24, 2.45) is 5.18 Å². The second kappa shape index (κ2) is 3.88. The van der Waals surface area contributed by atoms with Gasteiger partial charge < -0.3 is 0 Å². The molecule has 0 heterocycles. The van der Waals surface area contributed by atoms with Crippen molar-refractivity contribution in [2.45, 2.75) is 5.75 Å². The van der Waals surface area contributed by atoms with E-state index in [-0.39, 0.29) is 0 Å². The first-order valence-corrected chi connectivity index (χ1v) is 4.43. The molecule has 0 aliphatic rings. The lowest BCUT2D eigenvalue weighted by Crippen LogP contribution is -1.78. The molecule has 0 bridgehead atoms. The highest BCUT2D eigenvalue weighted by atomic mass is 79.9. The number of hydrogen-bond donors (Lipinski definition) is 1. The minimum Gasteiger partial charge on any atom is -0.174 e. The van der Waals surface area contributed by atoms with E-state index < -0.39 is 0 Å². The number of nitroso groups, excluding NO2 is 1. The molecule has 0 fully saturated rings. The maximum Gasteiger partial charge on any atom is 0.112 e. The molecule has 0 aliphatic carbocycles. The van der Waals surface area contributed by atoms with E-state index in [1.165, 1.54) is 0 Å². The van der Waals surface area contributed by atoms with E-state index in [9.17, 15) is 4.91 Å². The molecule has 11 heavy (non-hydrogen) atoms. The predicted octanol–water partition coefficient (Wildman–Crippen LogP) is 3.28. The summed E-state index contributed by atoms with van der Waals surface area (Å²) in [4.78, 5) is 10.2. The second-order valence-electron chi connectivity index (χ2n) is 2.02. The van der Waals surface area contributed by atoms with Gasteiger partial charge in [0.1, 0.15) is 5.69 Å². The van der Waals surface area contributed by atoms with Gasteiger partial charge in [-0.25, -0.2) is 0 Å². The minimum absolute atomic E-state index is 0.461. The Morgan fingerprint density at radius 2 is 2.27 bits per heavy atom. The Balaban J connectivity index is 3.16. The molecule has 1 rings (SSSR count). The third-order valence-electron chi connectivity index (χ3n) is 1.31. The van der Waals surface area contributed by atoms with E-state index in [1.807, 2.05) is 6.07 Å². The molecule has 0 spiro atoms. The van der Waals surface area contributed by atoms with Crippen molar-refractivity contribution in [1.82, 2.24) is 0 Å². The van der Waals surface area contributed by atoms with E-state index in [0.717, 1.165) is 10.0 Å². The summed E-state index contributed by atoms with van der Waals surface area (Å²) in [7, 11) is 0. The van der Waals surface area contributed by atoms with Crippen LogP contribution in [-0.4, -0.2) is 0 Å². The summed E-state index contributed by atoms with van der Waals surface area (Å²) < 4.78 is 0.939. The normalized spacial score (nSPS) is 9.64. The van der Waals surface area contributed by atoms with Crippen molar-refractivity contribution >= 4 is 34.2 Å². The highest BCUT2D eigenvalue weighted by Gasteiger charge is 2.00. The van der Waals surface area contributed by atoms with Crippen molar-refractivity contribution < 1.29 is 0 Å². The first-order valence-electron chi connectivity index (χ1n) is 3.00. The Morgan fingerprint density at radius 3 is 2.82 bits per heavy atom. The molecule has 0 atom stereocenters. The molecule has 0 N–H and O–H groups in total. The van der Waals surface area contributed by atoms with Crippen LogP contribution in [0.3, 0.4) is 0 Å². The summed E-state index contributed by atoms with van der Waals surface area (Å²) in [5, 5.41) is 2.86. The standard InChI is InChI=1S/C7H6BrNOS/c8-6-1-2-7(9-10)5(3-6)4-11/h1-3,11H,4H2. The second-order valence-corrected chi connectivity index (χ2v) is 3.25. The van der Waals surface area contributed by atoms with Crippen LogP contribution >= 0.6 is 28.6 Å². The lowest BCUT2D eigenvalue weighted by Gasteiger charge is -1.98. The molecule has 0 radical (unpaired) electrons. The maximum absolute atomic E-state index is 10.2. The van der Waals surface area contributed by atoms with Crippen LogP contribution in [0, 0.1) is 4.91 Å². The maximum atomic E-state index is 10.2. The molecule has 0 amide bonds. The number of nitrogens with zero attached hydrogens (tertiary/aromatic N) is 1. The number of rotatable bonds is 2. The molecule has 0 aliphatic heterocycles. The van der Waals surface area contributed by atoms with Crippen LogP contribution in [0.4, 0.5) is 5.69 Å². The molecule has 0 saturated heterocycles. The molecule has 1 aromatic carbocycles. The van der Waals surface area contributed by atoms with Crippen LogP contribution in [0.1, 0.15) is 5.56 Å². The van der Waals surface area contributed by atoms with Crippen molar-refractivity contribution in [3.63, 3.8) is 0 Å². The van der Waals surface area contributed by atoms with Crippen LogP contribution in [-0.2, 0) is 5.75 Å². The fraction of sp³-hybridized carbons (Fsp3) is 0.143. The highest BCUT2D eigenvalue weighted by molar-refractivity contribution is 9.10. The first-order chi connectivity index (χ1) is 5.27. The van der Waals surface area contributed by atoms with Gasteiger partial charge in [0, 0.05) is 10.2 Å². The summed E-state index contributed by atoms with van der Waals surface area (Å²) >= 11 is 7.35. The van der Waals surface area contributed by atoms with Gasteiger partial charge in [0.2, 0.25) is 0 Å². The lowest BCUT2D eigenvalue weighted by molar-refractivity contribution is 1.35. The quantitative estimate of drug-likeness (QED) is 0.615. The summed E-state index contributed by atoms with van der Waals surface area (Å²) in [6.45, 7) is 0. The van der Waals surface area contributed by atoms with Crippen LogP contribution in [0.15, 0.2) is 27.8 Å². The lowest BCUT2D eigenvalue weighted by atomic mass is 10.2. The Hall–Kier alpha value is -0.350. The Bertz CT molecular complexity index is 277. The third kappa shape index (κ3) is 2.04. The van der Waals surface area contributed by atoms with Crippen molar-refractivity contribution in [2.75, 3.05) is 0 Å². The number of hydrogen-bond acceptors (Lipinski definition) is 3. The van der Waals surface area contributed by atoms with Gasteiger partial charge in [0.25, 0.3) is 0 Å². The molecule has 1 aromatic rings. The zero-order valence-corrected chi connectivity index (χ0v) is 8.10. The Morgan fingerprint density at radius 1 is 1.55 bits per heavy atom. The zero-order valence-electron chi connectivity index (χ0n) is 5.62. The SMILES string of the molecule is O=Nc1ccc(Br)cc1CS. The molecule has 0 unspecified atom stereocenters. The highest BCUT2D eigenvalue weighted by Crippen LogP contribution is 2.24. The van der Waals surface area contributed by atoms with Gasteiger partial charge in [-0.05, 0) is 28.9 Å². The summed E-state index contributed by atoms with van der Waals surface area (Å²) in [5.74, 6) is 0.528. The monoisotopic (exact) mass is 231 g/mol. The van der Waals surface area contributed by atoms with E-state index in [4.69, 9.17) is 0 Å². The number of thiol groups is 1. The van der Waals surface area contributed by atoms with Crippen molar-refractivity contribution in [1.29, 1.82) is 0 Å². The molecular weight excluding hydrogens is 226 g/mol. The van der Waals surface area contributed by atoms with E-state index >= 15 is 0 Å². The fourth-order valence-electron chi connectivity index (χ4n) is 0.770. The van der Waals surface area contributed by atoms with Crippen LogP contribution < -0.4 is 0 Å². The molecule has 58 valence electrons. The fourth-order valence-corrected chi connectivity index (χ4v) is 1.43. The topological polar surface area (TPSA) is 29.4 Å². The predicted molar refractivity (Wildman–Crippen MR) is 52.3 cm³/mol. The smallest absolute Gasteiger partial charge is 0.112 e. The van der Waals surface area contributed by atoms with Crippen molar-refractivity contribution in [3.8, 4) is 0 Å². The van der Waals surface area contributed by atoms with Gasteiger partial charge in [-0.15, -0.1) is 4.91 Å². The first kappa shape index (κ1) is 8.74. The van der Waals surface area contributed by atoms with E-state index in [1.54, 1.807) is 12.1 Å². The number of halogens is 1. The molecular formula is C7H6BrNOS. The van der Waals surface area contributed by atoms with Crippen LogP contribution in [0.2, 0.25) is 0 Å². The van der Waals surface area contributed by atoms with E-state index in [2.05, 4.69) is 33.7 Å². The third-order valence-corrected chi connectivity index (χ3v) is 2.14. The molecule has 4 heteroatoms. The number of benzene rings is 1. The summed E-state index contributed by atoms with van der Waals surface area (Å²) in [6, 6.07) is 5.29. The summed E-state index contributed by atoms with van der Waals surface area (Å²) in [6.07, 6.45) is 0. The van der Waals surface area contributed by atoms with Gasteiger partial charge in [0.15, 0.2) is 0 Å². The van der Waals surface area contributed by atoms with Gasteiger partial charge in [-0.2, -0.15) is 12.6 Å². The van der Waals surface area contributed by atoms with Gasteiger partial charge in [0.05, 0.1) is 0 Å². The largest absolute Gasteiger partial charge is 0.174 e. The molecule has 0 aromatic heterocycles. The van der Waals surface area contributed by atoms with Crippen molar-refractivity contribution in [3.05, 3.63) is 33.1 Å². The Kier molecular flexibility index (Phi) is 3.08.